The van der Waals surface area contributed by atoms with Gasteiger partial charge in [-0.25, -0.2) is 4.98 Å². The molecule has 0 amide bonds. The van der Waals surface area contributed by atoms with Crippen molar-refractivity contribution in [3.8, 4) is 22.8 Å². The van der Waals surface area contributed by atoms with Crippen molar-refractivity contribution in [1.29, 1.82) is 0 Å². The van der Waals surface area contributed by atoms with E-state index in [1.165, 1.54) is 5.56 Å². The number of methoxy groups -OCH3 is 1. The summed E-state index contributed by atoms with van der Waals surface area (Å²) in [6, 6.07) is 18.5. The Morgan fingerprint density at radius 2 is 1.97 bits per heavy atom. The Bertz CT molecular complexity index is 1050. The number of aromatic nitrogens is 1. The van der Waals surface area contributed by atoms with Crippen molar-refractivity contribution in [2.75, 3.05) is 13.7 Å². The zero-order valence-corrected chi connectivity index (χ0v) is 17.2. The van der Waals surface area contributed by atoms with Crippen molar-refractivity contribution in [3.05, 3.63) is 77.5 Å². The van der Waals surface area contributed by atoms with E-state index in [0.29, 0.717) is 18.9 Å². The van der Waals surface area contributed by atoms with Gasteiger partial charge in [-0.1, -0.05) is 43.3 Å². The van der Waals surface area contributed by atoms with Crippen LogP contribution in [0.15, 0.2) is 60.8 Å². The van der Waals surface area contributed by atoms with Gasteiger partial charge in [0.25, 0.3) is 0 Å². The first-order valence-corrected chi connectivity index (χ1v) is 10.1. The molecule has 2 unspecified atom stereocenters. The maximum absolute atomic E-state index is 11.2. The van der Waals surface area contributed by atoms with Crippen LogP contribution in [0.5, 0.6) is 11.6 Å². The van der Waals surface area contributed by atoms with Crippen molar-refractivity contribution < 1.29 is 19.4 Å². The first-order valence-electron chi connectivity index (χ1n) is 10.1. The van der Waals surface area contributed by atoms with Gasteiger partial charge in [0.05, 0.1) is 19.6 Å². The van der Waals surface area contributed by atoms with E-state index in [-0.39, 0.29) is 5.92 Å². The van der Waals surface area contributed by atoms with Crippen LogP contribution in [-0.4, -0.2) is 29.8 Å². The summed E-state index contributed by atoms with van der Waals surface area (Å²) in [5.74, 6) is 0.600. The predicted octanol–water partition coefficient (Wildman–Crippen LogP) is 4.74. The molecule has 0 aliphatic carbocycles. The molecule has 0 spiro atoms. The molecule has 0 radical (unpaired) electrons. The molecule has 3 aromatic rings. The number of ether oxygens (including phenoxy) is 2. The summed E-state index contributed by atoms with van der Waals surface area (Å²) in [5.41, 5.74) is 5.59. The fraction of sp³-hybridized carbons (Fsp3) is 0.280. The van der Waals surface area contributed by atoms with Gasteiger partial charge in [0.1, 0.15) is 5.75 Å². The molecule has 30 heavy (non-hydrogen) atoms. The monoisotopic (exact) mass is 403 g/mol. The summed E-state index contributed by atoms with van der Waals surface area (Å²) in [4.78, 5) is 15.3. The molecular formula is C25H25NO4. The maximum Gasteiger partial charge on any atom is 0.306 e. The van der Waals surface area contributed by atoms with E-state index in [0.717, 1.165) is 34.4 Å². The molecule has 2 heterocycles. The molecule has 1 aliphatic heterocycles. The molecule has 1 aliphatic rings. The van der Waals surface area contributed by atoms with Crippen LogP contribution < -0.4 is 9.47 Å². The van der Waals surface area contributed by atoms with Crippen LogP contribution in [-0.2, 0) is 17.6 Å². The van der Waals surface area contributed by atoms with Gasteiger partial charge in [-0.05, 0) is 52.8 Å². The number of hydrogen-bond donors (Lipinski definition) is 1. The third kappa shape index (κ3) is 4.30. The first-order chi connectivity index (χ1) is 14.5. The number of hydrogen-bond acceptors (Lipinski definition) is 4. The van der Waals surface area contributed by atoms with Crippen LogP contribution >= 0.6 is 0 Å². The zero-order chi connectivity index (χ0) is 21.1. The van der Waals surface area contributed by atoms with Gasteiger partial charge < -0.3 is 14.6 Å². The lowest BCUT2D eigenvalue weighted by atomic mass is 9.88. The average molecular weight is 403 g/mol. The largest absolute Gasteiger partial charge is 0.493 e. The lowest BCUT2D eigenvalue weighted by Crippen LogP contribution is -2.19. The summed E-state index contributed by atoms with van der Waals surface area (Å²) >= 11 is 0. The van der Waals surface area contributed by atoms with Crippen LogP contribution in [0.3, 0.4) is 0 Å². The normalized spacial score (nSPS) is 16.3. The topological polar surface area (TPSA) is 68.7 Å². The smallest absolute Gasteiger partial charge is 0.306 e. The third-order valence-corrected chi connectivity index (χ3v) is 5.65. The third-order valence-electron chi connectivity index (χ3n) is 5.65. The molecule has 0 bridgehead atoms. The van der Waals surface area contributed by atoms with Crippen LogP contribution in [0.1, 0.15) is 29.5 Å². The maximum atomic E-state index is 11.2. The van der Waals surface area contributed by atoms with Crippen molar-refractivity contribution in [3.63, 3.8) is 0 Å². The number of nitrogens with zero attached hydrogens (tertiary/aromatic N) is 1. The Kier molecular flexibility index (Phi) is 5.70. The number of benzene rings is 2. The van der Waals surface area contributed by atoms with E-state index in [2.05, 4.69) is 35.3 Å². The predicted molar refractivity (Wildman–Crippen MR) is 115 cm³/mol. The quantitative estimate of drug-likeness (QED) is 0.644. The Morgan fingerprint density at radius 1 is 1.17 bits per heavy atom. The standard InChI is InChI=1S/C25H25NO4/c1-16(25(27)28)11-17-3-8-23-21(12-17)13-22(15-30-23)19-6-4-18(5-7-19)20-9-10-26-24(14-20)29-2/h3-10,12,14,16,22H,11,13,15H2,1-2H3,(H,27,28). The summed E-state index contributed by atoms with van der Waals surface area (Å²) in [7, 11) is 1.61. The van der Waals surface area contributed by atoms with Gasteiger partial charge in [-0.15, -0.1) is 0 Å². The minimum Gasteiger partial charge on any atom is -0.493 e. The number of fused-ring (bicyclic) bond motifs is 1. The number of pyridine rings is 1. The second-order valence-corrected chi connectivity index (χ2v) is 7.81. The first kappa shape index (κ1) is 20.0. The van der Waals surface area contributed by atoms with Gasteiger partial charge in [-0.2, -0.15) is 0 Å². The second-order valence-electron chi connectivity index (χ2n) is 7.81. The molecule has 0 fully saturated rings. The van der Waals surface area contributed by atoms with E-state index in [1.54, 1.807) is 20.2 Å². The van der Waals surface area contributed by atoms with Crippen molar-refractivity contribution in [1.82, 2.24) is 4.98 Å². The van der Waals surface area contributed by atoms with E-state index in [4.69, 9.17) is 9.47 Å². The Morgan fingerprint density at radius 3 is 2.70 bits per heavy atom. The van der Waals surface area contributed by atoms with E-state index in [9.17, 15) is 9.90 Å². The molecule has 2 aromatic carbocycles. The molecule has 5 nitrogen and oxygen atoms in total. The second kappa shape index (κ2) is 8.57. The van der Waals surface area contributed by atoms with Gasteiger partial charge in [0.2, 0.25) is 5.88 Å². The summed E-state index contributed by atoms with van der Waals surface area (Å²) in [5, 5.41) is 9.17. The summed E-state index contributed by atoms with van der Waals surface area (Å²) in [6.07, 6.45) is 3.15. The van der Waals surface area contributed by atoms with Crippen molar-refractivity contribution >= 4 is 5.97 Å². The number of carboxylic acids is 1. The fourth-order valence-corrected chi connectivity index (χ4v) is 3.88. The van der Waals surface area contributed by atoms with Gasteiger partial charge >= 0.3 is 5.97 Å². The summed E-state index contributed by atoms with van der Waals surface area (Å²) in [6.45, 7) is 2.38. The molecule has 2 atom stereocenters. The van der Waals surface area contributed by atoms with Crippen LogP contribution in [0.25, 0.3) is 11.1 Å². The van der Waals surface area contributed by atoms with Gasteiger partial charge in [-0.3, -0.25) is 4.79 Å². The highest BCUT2D eigenvalue weighted by Crippen LogP contribution is 2.34. The summed E-state index contributed by atoms with van der Waals surface area (Å²) < 4.78 is 11.2. The molecule has 0 saturated carbocycles. The highest BCUT2D eigenvalue weighted by atomic mass is 16.5. The van der Waals surface area contributed by atoms with Gasteiger partial charge in [0.15, 0.2) is 0 Å². The lowest BCUT2D eigenvalue weighted by Gasteiger charge is -2.26. The number of rotatable bonds is 6. The molecule has 0 saturated heterocycles. The van der Waals surface area contributed by atoms with E-state index >= 15 is 0 Å². The van der Waals surface area contributed by atoms with Crippen LogP contribution in [0.2, 0.25) is 0 Å². The molecule has 4 rings (SSSR count). The van der Waals surface area contributed by atoms with E-state index < -0.39 is 11.9 Å². The van der Waals surface area contributed by atoms with Crippen LogP contribution in [0, 0.1) is 5.92 Å². The average Bonchev–Trinajstić information content (AvgIpc) is 2.78. The lowest BCUT2D eigenvalue weighted by molar-refractivity contribution is -0.141. The minimum absolute atomic E-state index is 0.269. The number of aliphatic carboxylic acids is 1. The Hall–Kier alpha value is -3.34. The minimum atomic E-state index is -0.770. The van der Waals surface area contributed by atoms with E-state index in [1.807, 2.05) is 24.3 Å². The molecular weight excluding hydrogens is 378 g/mol. The number of carbonyl (C=O) groups is 1. The number of carboxylic acid groups (broad SMARTS) is 1. The van der Waals surface area contributed by atoms with Crippen molar-refractivity contribution in [2.24, 2.45) is 5.92 Å². The van der Waals surface area contributed by atoms with Crippen molar-refractivity contribution in [2.45, 2.75) is 25.7 Å². The zero-order valence-electron chi connectivity index (χ0n) is 17.2. The van der Waals surface area contributed by atoms with Gasteiger partial charge in [0, 0.05) is 18.2 Å². The molecule has 1 aromatic heterocycles. The molecule has 5 heteroatoms. The Balaban J connectivity index is 1.50. The SMILES string of the molecule is COc1cc(-c2ccc(C3COc4ccc(CC(C)C(=O)O)cc4C3)cc2)ccn1. The van der Waals surface area contributed by atoms with Crippen LogP contribution in [0.4, 0.5) is 0 Å². The fourth-order valence-electron chi connectivity index (χ4n) is 3.88. The Labute approximate surface area is 176 Å². The molecule has 1 N–H and O–H groups in total. The highest BCUT2D eigenvalue weighted by molar-refractivity contribution is 5.70. The highest BCUT2D eigenvalue weighted by Gasteiger charge is 2.22. The molecule has 154 valence electrons.